The topological polar surface area (TPSA) is 69.3 Å². The van der Waals surface area contributed by atoms with Crippen molar-refractivity contribution in [2.75, 3.05) is 19.6 Å². The van der Waals surface area contributed by atoms with Gasteiger partial charge in [-0.25, -0.2) is 4.98 Å². The summed E-state index contributed by atoms with van der Waals surface area (Å²) in [6.45, 7) is 6.25. The standard InChI is InChI=1S/C22H28N4O2S/c1-14-9-15(13-29-14)10-25-7-2-3-17(11-25)20-23-19-6-8-26(22(28)16-4-5-16)12-18(19)21(27)24-20/h9,13,16-17H,2-8,10-12H2,1H3,(H,23,24,27)/t17-/m1/s1. The monoisotopic (exact) mass is 412 g/mol. The van der Waals surface area contributed by atoms with Gasteiger partial charge in [-0.3, -0.25) is 14.5 Å². The lowest BCUT2D eigenvalue weighted by atomic mass is 9.96. The molecule has 2 aromatic heterocycles. The molecule has 7 heteroatoms. The Balaban J connectivity index is 1.30. The average Bonchev–Trinajstić information content (AvgIpc) is 3.50. The van der Waals surface area contributed by atoms with E-state index in [0.717, 1.165) is 56.8 Å². The number of rotatable bonds is 4. The quantitative estimate of drug-likeness (QED) is 0.838. The highest BCUT2D eigenvalue weighted by Crippen LogP contribution is 2.32. The van der Waals surface area contributed by atoms with Gasteiger partial charge in [0.05, 0.1) is 17.8 Å². The summed E-state index contributed by atoms with van der Waals surface area (Å²) in [6.07, 6.45) is 4.87. The zero-order valence-corrected chi connectivity index (χ0v) is 17.8. The van der Waals surface area contributed by atoms with Gasteiger partial charge in [-0.1, -0.05) is 0 Å². The van der Waals surface area contributed by atoms with Crippen molar-refractivity contribution in [2.45, 2.75) is 58.0 Å². The van der Waals surface area contributed by atoms with Crippen molar-refractivity contribution >= 4 is 17.2 Å². The van der Waals surface area contributed by atoms with E-state index in [9.17, 15) is 9.59 Å². The molecule has 1 aliphatic carbocycles. The van der Waals surface area contributed by atoms with E-state index in [4.69, 9.17) is 4.98 Å². The second kappa shape index (κ2) is 7.69. The fourth-order valence-corrected chi connectivity index (χ4v) is 5.37. The third-order valence-corrected chi connectivity index (χ3v) is 7.32. The first-order chi connectivity index (χ1) is 14.1. The summed E-state index contributed by atoms with van der Waals surface area (Å²) in [7, 11) is 0. The van der Waals surface area contributed by atoms with E-state index in [1.54, 1.807) is 11.3 Å². The molecule has 1 atom stereocenters. The van der Waals surface area contributed by atoms with Gasteiger partial charge in [0.15, 0.2) is 0 Å². The van der Waals surface area contributed by atoms with Crippen LogP contribution in [0, 0.1) is 12.8 Å². The largest absolute Gasteiger partial charge is 0.337 e. The molecule has 0 unspecified atom stereocenters. The lowest BCUT2D eigenvalue weighted by Gasteiger charge is -2.33. The third kappa shape index (κ3) is 4.03. The van der Waals surface area contributed by atoms with Crippen LogP contribution >= 0.6 is 11.3 Å². The fourth-order valence-electron chi connectivity index (χ4n) is 4.68. The number of carbonyl (C=O) groups excluding carboxylic acids is 1. The first-order valence-corrected chi connectivity index (χ1v) is 11.6. The normalized spacial score (nSPS) is 22.5. The molecule has 3 aliphatic rings. The second-order valence-electron chi connectivity index (χ2n) is 8.80. The predicted octanol–water partition coefficient (Wildman–Crippen LogP) is 2.81. The summed E-state index contributed by atoms with van der Waals surface area (Å²) in [6, 6.07) is 2.27. The molecule has 29 heavy (non-hydrogen) atoms. The van der Waals surface area contributed by atoms with Gasteiger partial charge in [0.2, 0.25) is 5.91 Å². The minimum atomic E-state index is -0.0520. The van der Waals surface area contributed by atoms with E-state index in [1.165, 1.54) is 10.4 Å². The number of aromatic nitrogens is 2. The highest BCUT2D eigenvalue weighted by molar-refractivity contribution is 7.10. The van der Waals surface area contributed by atoms with Crippen molar-refractivity contribution in [2.24, 2.45) is 5.92 Å². The first-order valence-electron chi connectivity index (χ1n) is 10.7. The third-order valence-electron chi connectivity index (χ3n) is 6.41. The maximum atomic E-state index is 12.8. The van der Waals surface area contributed by atoms with E-state index < -0.39 is 0 Å². The molecule has 1 saturated heterocycles. The summed E-state index contributed by atoms with van der Waals surface area (Å²) >= 11 is 1.80. The van der Waals surface area contributed by atoms with Gasteiger partial charge in [-0.2, -0.15) is 0 Å². The maximum Gasteiger partial charge on any atom is 0.256 e. The first kappa shape index (κ1) is 19.0. The highest BCUT2D eigenvalue weighted by Gasteiger charge is 2.35. The minimum Gasteiger partial charge on any atom is -0.337 e. The lowest BCUT2D eigenvalue weighted by molar-refractivity contribution is -0.133. The van der Waals surface area contributed by atoms with Crippen LogP contribution in [0.5, 0.6) is 0 Å². The number of nitrogens with zero attached hydrogens (tertiary/aromatic N) is 3. The van der Waals surface area contributed by atoms with Crippen LogP contribution in [0.25, 0.3) is 0 Å². The lowest BCUT2D eigenvalue weighted by Crippen LogP contribution is -2.41. The summed E-state index contributed by atoms with van der Waals surface area (Å²) < 4.78 is 0. The van der Waals surface area contributed by atoms with Crippen molar-refractivity contribution in [3.8, 4) is 0 Å². The number of amides is 1. The summed E-state index contributed by atoms with van der Waals surface area (Å²) in [5, 5.41) is 2.24. The zero-order valence-electron chi connectivity index (χ0n) is 16.9. The molecule has 0 radical (unpaired) electrons. The Kier molecular flexibility index (Phi) is 5.04. The van der Waals surface area contributed by atoms with E-state index >= 15 is 0 Å². The highest BCUT2D eigenvalue weighted by atomic mass is 32.1. The van der Waals surface area contributed by atoms with E-state index in [-0.39, 0.29) is 23.3 Å². The van der Waals surface area contributed by atoms with Crippen molar-refractivity contribution in [3.05, 3.63) is 49.3 Å². The molecule has 6 nitrogen and oxygen atoms in total. The van der Waals surface area contributed by atoms with Gasteiger partial charge in [0, 0.05) is 42.8 Å². The molecule has 2 aliphatic heterocycles. The van der Waals surface area contributed by atoms with E-state index in [1.807, 2.05) is 4.90 Å². The average molecular weight is 413 g/mol. The Bertz CT molecular complexity index is 977. The van der Waals surface area contributed by atoms with E-state index in [2.05, 4.69) is 28.3 Å². The minimum absolute atomic E-state index is 0.0520. The van der Waals surface area contributed by atoms with Gasteiger partial charge in [-0.05, 0) is 56.2 Å². The molecule has 5 rings (SSSR count). The van der Waals surface area contributed by atoms with E-state index in [0.29, 0.717) is 25.1 Å². The number of hydrogen-bond donors (Lipinski definition) is 1. The second-order valence-corrected chi connectivity index (χ2v) is 9.92. The fraction of sp³-hybridized carbons (Fsp3) is 0.591. The van der Waals surface area contributed by atoms with Crippen molar-refractivity contribution < 1.29 is 4.79 Å². The van der Waals surface area contributed by atoms with Crippen LogP contribution in [0.3, 0.4) is 0 Å². The number of aryl methyl sites for hydroxylation is 1. The van der Waals surface area contributed by atoms with Gasteiger partial charge in [0.1, 0.15) is 5.82 Å². The van der Waals surface area contributed by atoms with Gasteiger partial charge < -0.3 is 9.88 Å². The van der Waals surface area contributed by atoms with Crippen LogP contribution in [-0.2, 0) is 24.3 Å². The molecule has 4 heterocycles. The van der Waals surface area contributed by atoms with Crippen LogP contribution in [0.15, 0.2) is 16.2 Å². The van der Waals surface area contributed by atoms with Gasteiger partial charge >= 0.3 is 0 Å². The molecule has 1 amide bonds. The van der Waals surface area contributed by atoms with Gasteiger partial charge in [-0.15, -0.1) is 11.3 Å². The molecular weight excluding hydrogens is 384 g/mol. The number of carbonyl (C=O) groups is 1. The predicted molar refractivity (Wildman–Crippen MR) is 113 cm³/mol. The summed E-state index contributed by atoms with van der Waals surface area (Å²) in [5.41, 5.74) is 2.91. The number of likely N-dealkylation sites (tertiary alicyclic amines) is 1. The molecule has 0 aromatic carbocycles. The molecule has 1 saturated carbocycles. The van der Waals surface area contributed by atoms with Crippen LogP contribution in [0.4, 0.5) is 0 Å². The molecule has 1 N–H and O–H groups in total. The molecule has 2 fully saturated rings. The maximum absolute atomic E-state index is 12.8. The smallest absolute Gasteiger partial charge is 0.256 e. The number of aromatic amines is 1. The number of nitrogens with one attached hydrogen (secondary N) is 1. The molecule has 0 spiro atoms. The molecule has 0 bridgehead atoms. The van der Waals surface area contributed by atoms with Crippen molar-refractivity contribution in [1.29, 1.82) is 0 Å². The zero-order chi connectivity index (χ0) is 20.0. The number of hydrogen-bond acceptors (Lipinski definition) is 5. The number of thiophene rings is 1. The van der Waals surface area contributed by atoms with Crippen molar-refractivity contribution in [1.82, 2.24) is 19.8 Å². The van der Waals surface area contributed by atoms with Crippen LogP contribution in [0.1, 0.15) is 59.1 Å². The Morgan fingerprint density at radius 1 is 1.31 bits per heavy atom. The molecule has 2 aromatic rings. The number of piperidine rings is 1. The number of fused-ring (bicyclic) bond motifs is 1. The van der Waals surface area contributed by atoms with Gasteiger partial charge in [0.25, 0.3) is 5.56 Å². The summed E-state index contributed by atoms with van der Waals surface area (Å²) in [5.74, 6) is 1.52. The SMILES string of the molecule is Cc1cc(CN2CCC[C@@H](c3nc4c(c(=O)[nH]3)CN(C(=O)C3CC3)CC4)C2)cs1. The Hall–Kier alpha value is -1.99. The van der Waals surface area contributed by atoms with Crippen molar-refractivity contribution in [3.63, 3.8) is 0 Å². The Morgan fingerprint density at radius 3 is 2.93 bits per heavy atom. The summed E-state index contributed by atoms with van der Waals surface area (Å²) in [4.78, 5) is 38.8. The van der Waals surface area contributed by atoms with Crippen LogP contribution in [0.2, 0.25) is 0 Å². The molecular formula is C22H28N4O2S. The Morgan fingerprint density at radius 2 is 2.17 bits per heavy atom. The number of H-pyrrole nitrogens is 1. The Labute approximate surface area is 175 Å². The van der Waals surface area contributed by atoms with Crippen LogP contribution in [-0.4, -0.2) is 45.3 Å². The van der Waals surface area contributed by atoms with Crippen LogP contribution < -0.4 is 5.56 Å². The molecule has 154 valence electrons.